The molecule has 3 heteroatoms. The maximum absolute atomic E-state index is 13.6. The van der Waals surface area contributed by atoms with Gasteiger partial charge in [0.15, 0.2) is 5.78 Å². The van der Waals surface area contributed by atoms with Gasteiger partial charge in [-0.25, -0.2) is 0 Å². The topological polar surface area (TPSA) is 26.3 Å². The van der Waals surface area contributed by atoms with Crippen LogP contribution in [0, 0.1) is 11.3 Å². The molecule has 0 aliphatic heterocycles. The largest absolute Gasteiger partial charge is 0.497 e. The first-order valence-corrected chi connectivity index (χ1v) is 9.63. The number of allylic oxidation sites excluding steroid dienone is 4. The predicted molar refractivity (Wildman–Crippen MR) is 107 cm³/mol. The van der Waals surface area contributed by atoms with Crippen molar-refractivity contribution < 1.29 is 9.53 Å². The third kappa shape index (κ3) is 2.96. The number of Topliss-reactive ketones (excluding diaryl/α,β-unsaturated/α-hetero) is 1. The van der Waals surface area contributed by atoms with Gasteiger partial charge in [-0.15, -0.1) is 0 Å². The zero-order chi connectivity index (χ0) is 17.5. The molecule has 0 N–H and O–H groups in total. The summed E-state index contributed by atoms with van der Waals surface area (Å²) in [6.45, 7) is 6.63. The van der Waals surface area contributed by atoms with E-state index in [4.69, 9.17) is 4.74 Å². The van der Waals surface area contributed by atoms with E-state index >= 15 is 0 Å². The van der Waals surface area contributed by atoms with Crippen molar-refractivity contribution in [3.05, 3.63) is 50.1 Å². The Labute approximate surface area is 158 Å². The van der Waals surface area contributed by atoms with Crippen LogP contribution in [0.2, 0.25) is 0 Å². The number of benzene rings is 1. The van der Waals surface area contributed by atoms with Crippen LogP contribution in [0.1, 0.15) is 56.8 Å². The fraction of sp³-hybridized carbons (Fsp3) is 0.476. The molecule has 0 amide bonds. The smallest absolute Gasteiger partial charge is 0.169 e. The van der Waals surface area contributed by atoms with Crippen molar-refractivity contribution in [2.75, 3.05) is 7.11 Å². The van der Waals surface area contributed by atoms with E-state index in [1.165, 1.54) is 20.3 Å². The first kappa shape index (κ1) is 17.7. The maximum atomic E-state index is 13.6. The highest BCUT2D eigenvalue weighted by Crippen LogP contribution is 2.55. The SMILES string of the molecule is COc1ccc(C(=O)C23CC(C)=C(C)CC2CC(I)=C(C)C3)cc1. The van der Waals surface area contributed by atoms with E-state index in [2.05, 4.69) is 43.4 Å². The van der Waals surface area contributed by atoms with Crippen molar-refractivity contribution in [2.45, 2.75) is 46.5 Å². The molecule has 0 saturated heterocycles. The number of rotatable bonds is 3. The molecule has 24 heavy (non-hydrogen) atoms. The Balaban J connectivity index is 2.03. The van der Waals surface area contributed by atoms with Gasteiger partial charge < -0.3 is 4.74 Å². The number of carbonyl (C=O) groups excluding carboxylic acids is 1. The molecule has 1 aromatic carbocycles. The van der Waals surface area contributed by atoms with Crippen LogP contribution in [-0.4, -0.2) is 12.9 Å². The van der Waals surface area contributed by atoms with Gasteiger partial charge in [0.25, 0.3) is 0 Å². The Morgan fingerprint density at radius 2 is 1.67 bits per heavy atom. The van der Waals surface area contributed by atoms with Crippen LogP contribution < -0.4 is 4.74 Å². The summed E-state index contributed by atoms with van der Waals surface area (Å²) in [5.41, 5.74) is 4.82. The summed E-state index contributed by atoms with van der Waals surface area (Å²) in [5, 5.41) is 0. The van der Waals surface area contributed by atoms with E-state index in [0.29, 0.717) is 11.7 Å². The Bertz CT molecular complexity index is 695. The van der Waals surface area contributed by atoms with Gasteiger partial charge >= 0.3 is 0 Å². The van der Waals surface area contributed by atoms with Crippen LogP contribution in [-0.2, 0) is 0 Å². The van der Waals surface area contributed by atoms with Crippen molar-refractivity contribution in [3.63, 3.8) is 0 Å². The second-order valence-corrected chi connectivity index (χ2v) is 8.72. The lowest BCUT2D eigenvalue weighted by Gasteiger charge is -2.47. The number of halogens is 1. The molecular formula is C21H25IO2. The minimum atomic E-state index is -0.267. The van der Waals surface area contributed by atoms with Crippen LogP contribution in [0.5, 0.6) is 5.75 Å². The Hall–Kier alpha value is -1.10. The highest BCUT2D eigenvalue weighted by molar-refractivity contribution is 14.1. The molecule has 128 valence electrons. The molecule has 2 aliphatic rings. The van der Waals surface area contributed by atoms with Gasteiger partial charge in [-0.3, -0.25) is 4.79 Å². The fourth-order valence-corrected chi connectivity index (χ4v) is 5.04. The van der Waals surface area contributed by atoms with Gasteiger partial charge in [0.2, 0.25) is 0 Å². The Morgan fingerprint density at radius 3 is 2.29 bits per heavy atom. The number of fused-ring (bicyclic) bond motifs is 1. The van der Waals surface area contributed by atoms with Crippen molar-refractivity contribution in [2.24, 2.45) is 11.3 Å². The van der Waals surface area contributed by atoms with Crippen molar-refractivity contribution in [1.29, 1.82) is 0 Å². The molecule has 0 spiro atoms. The summed E-state index contributed by atoms with van der Waals surface area (Å²) < 4.78 is 6.68. The third-order valence-electron chi connectivity index (χ3n) is 5.92. The van der Waals surface area contributed by atoms with Crippen molar-refractivity contribution >= 4 is 28.4 Å². The van der Waals surface area contributed by atoms with Gasteiger partial charge in [-0.1, -0.05) is 16.7 Å². The molecule has 1 aromatic rings. The molecule has 3 rings (SSSR count). The lowest BCUT2D eigenvalue weighted by molar-refractivity contribution is 0.0612. The van der Waals surface area contributed by atoms with Crippen LogP contribution >= 0.6 is 22.6 Å². The minimum absolute atomic E-state index is 0.267. The molecule has 0 aromatic heterocycles. The summed E-state index contributed by atoms with van der Waals surface area (Å²) in [4.78, 5) is 13.6. The standard InChI is InChI=1S/C21H25IO2/c1-13-9-17-10-19(22)15(3)12-21(17,11-14(13)2)20(23)16-5-7-18(24-4)8-6-16/h5-8,17H,9-12H2,1-4H3. The van der Waals surface area contributed by atoms with E-state index in [1.54, 1.807) is 7.11 Å². The van der Waals surface area contributed by atoms with Gasteiger partial charge in [-0.2, -0.15) is 0 Å². The fourth-order valence-electron chi connectivity index (χ4n) is 4.32. The average molecular weight is 436 g/mol. The molecule has 0 fully saturated rings. The second kappa shape index (κ2) is 6.66. The van der Waals surface area contributed by atoms with Crippen LogP contribution in [0.4, 0.5) is 0 Å². The third-order valence-corrected chi connectivity index (χ3v) is 7.28. The van der Waals surface area contributed by atoms with E-state index in [0.717, 1.165) is 37.0 Å². The highest BCUT2D eigenvalue weighted by Gasteiger charge is 2.50. The molecule has 0 saturated carbocycles. The van der Waals surface area contributed by atoms with Crippen LogP contribution in [0.3, 0.4) is 0 Å². The molecule has 2 aliphatic carbocycles. The van der Waals surface area contributed by atoms with Gasteiger partial charge in [0.1, 0.15) is 5.75 Å². The Kier molecular flexibility index (Phi) is 4.92. The summed E-state index contributed by atoms with van der Waals surface area (Å²) in [5.74, 6) is 1.53. The van der Waals surface area contributed by atoms with Crippen LogP contribution in [0.25, 0.3) is 0 Å². The van der Waals surface area contributed by atoms with Crippen molar-refractivity contribution in [3.8, 4) is 5.75 Å². The number of methoxy groups -OCH3 is 1. The van der Waals surface area contributed by atoms with Gasteiger partial charge in [-0.05, 0) is 103 Å². The molecular weight excluding hydrogens is 411 g/mol. The minimum Gasteiger partial charge on any atom is -0.497 e. The zero-order valence-corrected chi connectivity index (χ0v) is 17.1. The number of ether oxygens (including phenoxy) is 1. The van der Waals surface area contributed by atoms with Crippen molar-refractivity contribution in [1.82, 2.24) is 0 Å². The monoisotopic (exact) mass is 436 g/mol. The second-order valence-electron chi connectivity index (χ2n) is 7.42. The first-order valence-electron chi connectivity index (χ1n) is 8.55. The maximum Gasteiger partial charge on any atom is 0.169 e. The summed E-state index contributed by atoms with van der Waals surface area (Å²) in [6.07, 6.45) is 3.88. The molecule has 2 unspecified atom stereocenters. The summed E-state index contributed by atoms with van der Waals surface area (Å²) >= 11 is 2.47. The van der Waals surface area contributed by atoms with E-state index in [1.807, 2.05) is 24.3 Å². The normalized spacial score (nSPS) is 27.1. The number of ketones is 1. The first-order chi connectivity index (χ1) is 11.4. The van der Waals surface area contributed by atoms with E-state index in [9.17, 15) is 4.79 Å². The summed E-state index contributed by atoms with van der Waals surface area (Å²) in [7, 11) is 1.65. The van der Waals surface area contributed by atoms with E-state index in [-0.39, 0.29) is 5.41 Å². The van der Waals surface area contributed by atoms with Gasteiger partial charge in [0.05, 0.1) is 7.11 Å². The summed E-state index contributed by atoms with van der Waals surface area (Å²) in [6, 6.07) is 7.63. The number of hydrogen-bond donors (Lipinski definition) is 0. The molecule has 0 radical (unpaired) electrons. The lowest BCUT2D eigenvalue weighted by atomic mass is 9.56. The lowest BCUT2D eigenvalue weighted by Crippen LogP contribution is -2.44. The quantitative estimate of drug-likeness (QED) is 0.325. The zero-order valence-electron chi connectivity index (χ0n) is 14.9. The van der Waals surface area contributed by atoms with E-state index < -0.39 is 0 Å². The molecule has 0 bridgehead atoms. The average Bonchev–Trinajstić information content (AvgIpc) is 2.57. The Morgan fingerprint density at radius 1 is 1.04 bits per heavy atom. The molecule has 2 atom stereocenters. The molecule has 2 nitrogen and oxygen atoms in total. The van der Waals surface area contributed by atoms with Crippen LogP contribution in [0.15, 0.2) is 44.6 Å². The predicted octanol–water partition coefficient (Wildman–Crippen LogP) is 6.11. The van der Waals surface area contributed by atoms with Gasteiger partial charge in [0, 0.05) is 11.0 Å². The number of hydrogen-bond acceptors (Lipinski definition) is 2. The highest BCUT2D eigenvalue weighted by atomic mass is 127. The number of carbonyl (C=O) groups is 1. The molecule has 0 heterocycles.